The van der Waals surface area contributed by atoms with Gasteiger partial charge >= 0.3 is 0 Å². The molecule has 1 amide bonds. The summed E-state index contributed by atoms with van der Waals surface area (Å²) in [6, 6.07) is 10.2. The average Bonchev–Trinajstić information content (AvgIpc) is 3.11. The molecule has 0 bridgehead atoms. The van der Waals surface area contributed by atoms with Gasteiger partial charge in [-0.05, 0) is 50.3 Å². The molecule has 1 saturated carbocycles. The summed E-state index contributed by atoms with van der Waals surface area (Å²) in [4.78, 5) is 12.4. The molecule has 2 N–H and O–H groups in total. The lowest BCUT2D eigenvalue weighted by atomic mass is 9.95. The molecule has 3 nitrogen and oxygen atoms in total. The molecule has 1 aliphatic heterocycles. The molecule has 102 valence electrons. The summed E-state index contributed by atoms with van der Waals surface area (Å²) in [6.07, 6.45) is 4.34. The zero-order valence-electron chi connectivity index (χ0n) is 11.3. The van der Waals surface area contributed by atoms with Crippen molar-refractivity contribution in [2.24, 2.45) is 5.92 Å². The van der Waals surface area contributed by atoms with Gasteiger partial charge in [-0.3, -0.25) is 4.79 Å². The number of amides is 1. The number of hydrogen-bond donors (Lipinski definition) is 2. The van der Waals surface area contributed by atoms with Crippen molar-refractivity contribution in [1.82, 2.24) is 10.6 Å². The minimum absolute atomic E-state index is 0.213. The summed E-state index contributed by atoms with van der Waals surface area (Å²) >= 11 is 0. The third kappa shape index (κ3) is 2.66. The Morgan fingerprint density at radius 3 is 2.74 bits per heavy atom. The zero-order valence-corrected chi connectivity index (χ0v) is 11.3. The van der Waals surface area contributed by atoms with Crippen molar-refractivity contribution < 1.29 is 4.79 Å². The number of carbonyl (C=O) groups is 1. The first-order chi connectivity index (χ1) is 9.31. The average molecular weight is 258 g/mol. The second-order valence-electron chi connectivity index (χ2n) is 5.85. The van der Waals surface area contributed by atoms with E-state index >= 15 is 0 Å². The fraction of sp³-hybridized carbons (Fsp3) is 0.562. The standard InChI is InChI=1S/C16H22N2O/c19-15(18-11-7-13-6-10-17-12-13)16(8-9-16)14-4-2-1-3-5-14/h1-5,13,17H,6-12H2,(H,18,19)/t13-/m0/s1. The van der Waals surface area contributed by atoms with E-state index in [1.807, 2.05) is 18.2 Å². The molecular formula is C16H22N2O. The van der Waals surface area contributed by atoms with E-state index in [0.29, 0.717) is 0 Å². The van der Waals surface area contributed by atoms with Gasteiger partial charge in [-0.25, -0.2) is 0 Å². The third-order valence-electron chi connectivity index (χ3n) is 4.51. The van der Waals surface area contributed by atoms with Crippen molar-refractivity contribution in [3.8, 4) is 0 Å². The van der Waals surface area contributed by atoms with Crippen LogP contribution in [0.15, 0.2) is 30.3 Å². The molecule has 3 heteroatoms. The van der Waals surface area contributed by atoms with Crippen LogP contribution in [-0.4, -0.2) is 25.5 Å². The van der Waals surface area contributed by atoms with Crippen molar-refractivity contribution in [3.05, 3.63) is 35.9 Å². The molecule has 0 radical (unpaired) electrons. The van der Waals surface area contributed by atoms with E-state index in [-0.39, 0.29) is 11.3 Å². The minimum atomic E-state index is -0.213. The van der Waals surface area contributed by atoms with Gasteiger partial charge in [0.25, 0.3) is 0 Å². The first kappa shape index (κ1) is 12.7. The number of carbonyl (C=O) groups excluding carboxylic acids is 1. The van der Waals surface area contributed by atoms with Gasteiger partial charge in [0.2, 0.25) is 5.91 Å². The lowest BCUT2D eigenvalue weighted by Crippen LogP contribution is -2.36. The number of nitrogens with one attached hydrogen (secondary N) is 2. The summed E-state index contributed by atoms with van der Waals surface area (Å²) in [5, 5.41) is 6.51. The van der Waals surface area contributed by atoms with Crippen molar-refractivity contribution in [2.45, 2.75) is 31.1 Å². The fourth-order valence-corrected chi connectivity index (χ4v) is 3.05. The van der Waals surface area contributed by atoms with Crippen LogP contribution in [0.5, 0.6) is 0 Å². The summed E-state index contributed by atoms with van der Waals surface area (Å²) in [5.74, 6) is 0.969. The van der Waals surface area contributed by atoms with Gasteiger partial charge in [0.15, 0.2) is 0 Å². The molecule has 1 aromatic carbocycles. The lowest BCUT2D eigenvalue weighted by Gasteiger charge is -2.16. The number of benzene rings is 1. The highest BCUT2D eigenvalue weighted by Crippen LogP contribution is 2.48. The normalized spacial score (nSPS) is 24.1. The molecule has 1 aliphatic carbocycles. The molecule has 1 heterocycles. The van der Waals surface area contributed by atoms with Gasteiger partial charge in [-0.2, -0.15) is 0 Å². The zero-order chi connectivity index (χ0) is 13.1. The Morgan fingerprint density at radius 2 is 2.11 bits per heavy atom. The Kier molecular flexibility index (Phi) is 3.56. The van der Waals surface area contributed by atoms with Gasteiger partial charge in [-0.15, -0.1) is 0 Å². The topological polar surface area (TPSA) is 41.1 Å². The molecule has 0 spiro atoms. The van der Waals surface area contributed by atoms with E-state index in [1.54, 1.807) is 0 Å². The molecule has 0 aromatic heterocycles. The Labute approximate surface area is 114 Å². The highest BCUT2D eigenvalue weighted by Gasteiger charge is 2.50. The first-order valence-corrected chi connectivity index (χ1v) is 7.36. The van der Waals surface area contributed by atoms with E-state index < -0.39 is 0 Å². The van der Waals surface area contributed by atoms with Gasteiger partial charge in [-0.1, -0.05) is 30.3 Å². The van der Waals surface area contributed by atoms with Gasteiger partial charge < -0.3 is 10.6 Å². The quantitative estimate of drug-likeness (QED) is 0.846. The monoisotopic (exact) mass is 258 g/mol. The van der Waals surface area contributed by atoms with E-state index in [2.05, 4.69) is 22.8 Å². The SMILES string of the molecule is O=C(NCC[C@@H]1CCNC1)C1(c2ccccc2)CC1. The van der Waals surface area contributed by atoms with Crippen LogP contribution in [0.1, 0.15) is 31.2 Å². The van der Waals surface area contributed by atoms with Gasteiger partial charge in [0, 0.05) is 6.54 Å². The second kappa shape index (κ2) is 5.33. The minimum Gasteiger partial charge on any atom is -0.355 e. The van der Waals surface area contributed by atoms with Gasteiger partial charge in [0.1, 0.15) is 0 Å². The van der Waals surface area contributed by atoms with Crippen LogP contribution in [0.4, 0.5) is 0 Å². The Morgan fingerprint density at radius 1 is 1.32 bits per heavy atom. The van der Waals surface area contributed by atoms with Gasteiger partial charge in [0.05, 0.1) is 5.41 Å². The van der Waals surface area contributed by atoms with E-state index in [0.717, 1.165) is 44.8 Å². The van der Waals surface area contributed by atoms with Crippen molar-refractivity contribution in [2.75, 3.05) is 19.6 Å². The van der Waals surface area contributed by atoms with Crippen LogP contribution >= 0.6 is 0 Å². The molecule has 3 rings (SSSR count). The lowest BCUT2D eigenvalue weighted by molar-refractivity contribution is -0.123. The van der Waals surface area contributed by atoms with Crippen LogP contribution in [0.3, 0.4) is 0 Å². The van der Waals surface area contributed by atoms with E-state index in [4.69, 9.17) is 0 Å². The van der Waals surface area contributed by atoms with E-state index in [1.165, 1.54) is 12.0 Å². The smallest absolute Gasteiger partial charge is 0.230 e. The molecule has 2 fully saturated rings. The molecule has 2 aliphatic rings. The maximum Gasteiger partial charge on any atom is 0.230 e. The van der Waals surface area contributed by atoms with Crippen molar-refractivity contribution in [3.63, 3.8) is 0 Å². The van der Waals surface area contributed by atoms with Crippen LogP contribution in [0.2, 0.25) is 0 Å². The highest BCUT2D eigenvalue weighted by atomic mass is 16.2. The molecular weight excluding hydrogens is 236 g/mol. The number of rotatable bonds is 5. The molecule has 0 unspecified atom stereocenters. The van der Waals surface area contributed by atoms with Crippen LogP contribution in [0, 0.1) is 5.92 Å². The molecule has 1 atom stereocenters. The molecule has 1 aromatic rings. The summed E-state index contributed by atoms with van der Waals surface area (Å²) in [7, 11) is 0. The van der Waals surface area contributed by atoms with Crippen LogP contribution < -0.4 is 10.6 Å². The van der Waals surface area contributed by atoms with Crippen molar-refractivity contribution >= 4 is 5.91 Å². The summed E-state index contributed by atoms with van der Waals surface area (Å²) < 4.78 is 0. The molecule has 1 saturated heterocycles. The van der Waals surface area contributed by atoms with E-state index in [9.17, 15) is 4.79 Å². The van der Waals surface area contributed by atoms with Crippen molar-refractivity contribution in [1.29, 1.82) is 0 Å². The fourth-order valence-electron chi connectivity index (χ4n) is 3.05. The Bertz CT molecular complexity index is 433. The molecule has 19 heavy (non-hydrogen) atoms. The van der Waals surface area contributed by atoms with Crippen LogP contribution in [-0.2, 0) is 10.2 Å². The van der Waals surface area contributed by atoms with Crippen LogP contribution in [0.25, 0.3) is 0 Å². The Balaban J connectivity index is 1.52. The predicted molar refractivity (Wildman–Crippen MR) is 76.0 cm³/mol. The second-order valence-corrected chi connectivity index (χ2v) is 5.85. The summed E-state index contributed by atoms with van der Waals surface area (Å²) in [5.41, 5.74) is 0.963. The Hall–Kier alpha value is -1.35. The largest absolute Gasteiger partial charge is 0.355 e. The highest BCUT2D eigenvalue weighted by molar-refractivity contribution is 5.91. The maximum absolute atomic E-state index is 12.4. The predicted octanol–water partition coefficient (Wildman–Crippen LogP) is 1.83. The summed E-state index contributed by atoms with van der Waals surface area (Å²) in [6.45, 7) is 3.06. The maximum atomic E-state index is 12.4. The third-order valence-corrected chi connectivity index (χ3v) is 4.51. The number of hydrogen-bond acceptors (Lipinski definition) is 2. The first-order valence-electron chi connectivity index (χ1n) is 7.36.